The molecule has 0 unspecified atom stereocenters. The summed E-state index contributed by atoms with van der Waals surface area (Å²) in [5.41, 5.74) is 2.88. The summed E-state index contributed by atoms with van der Waals surface area (Å²) < 4.78 is 3.27. The molecule has 0 aliphatic rings. The molecule has 1 heterocycles. The van der Waals surface area contributed by atoms with E-state index in [0.29, 0.717) is 10.6 Å². The molecule has 3 nitrogen and oxygen atoms in total. The van der Waals surface area contributed by atoms with Crippen LogP contribution in [0.4, 0.5) is 0 Å². The highest BCUT2D eigenvalue weighted by atomic mass is 35.5. The number of thiazole rings is 1. The molecule has 0 N–H and O–H groups in total. The number of hydrogen-bond donors (Lipinski definition) is 0. The predicted molar refractivity (Wildman–Crippen MR) is 96.2 cm³/mol. The molecule has 3 rings (SSSR count). The molecule has 23 heavy (non-hydrogen) atoms. The maximum atomic E-state index is 12.4. The monoisotopic (exact) mass is 344 g/mol. The highest BCUT2D eigenvalue weighted by Crippen LogP contribution is 2.19. The topological polar surface area (TPSA) is 34.4 Å². The summed E-state index contributed by atoms with van der Waals surface area (Å²) in [5, 5.41) is 0.611. The van der Waals surface area contributed by atoms with E-state index in [1.165, 1.54) is 5.56 Å². The Morgan fingerprint density at radius 2 is 1.96 bits per heavy atom. The first-order chi connectivity index (χ1) is 11.1. The first-order valence-electron chi connectivity index (χ1n) is 7.53. The molecule has 0 aliphatic carbocycles. The van der Waals surface area contributed by atoms with Gasteiger partial charge in [0.15, 0.2) is 4.80 Å². The van der Waals surface area contributed by atoms with E-state index in [2.05, 4.69) is 41.6 Å². The van der Waals surface area contributed by atoms with Crippen LogP contribution in [-0.4, -0.2) is 10.5 Å². The first kappa shape index (κ1) is 16.0. The highest BCUT2D eigenvalue weighted by Gasteiger charge is 2.09. The molecule has 118 valence electrons. The summed E-state index contributed by atoms with van der Waals surface area (Å²) in [6.07, 6.45) is 0.988. The Morgan fingerprint density at radius 3 is 2.65 bits per heavy atom. The van der Waals surface area contributed by atoms with Crippen LogP contribution >= 0.6 is 22.9 Å². The molecule has 1 amide bonds. The second-order valence-corrected chi connectivity index (χ2v) is 6.88. The van der Waals surface area contributed by atoms with E-state index >= 15 is 0 Å². The van der Waals surface area contributed by atoms with E-state index in [0.717, 1.165) is 28.0 Å². The molecule has 5 heteroatoms. The van der Waals surface area contributed by atoms with E-state index in [9.17, 15) is 4.79 Å². The summed E-state index contributed by atoms with van der Waals surface area (Å²) in [4.78, 5) is 17.5. The number of benzene rings is 2. The predicted octanol–water partition coefficient (Wildman–Crippen LogP) is 4.82. The summed E-state index contributed by atoms with van der Waals surface area (Å²) >= 11 is 7.42. The van der Waals surface area contributed by atoms with Crippen molar-refractivity contribution < 1.29 is 4.79 Å². The Labute approximate surface area is 143 Å². The minimum atomic E-state index is -0.241. The molecule has 2 aromatic carbocycles. The fraction of sp³-hybridized carbons (Fsp3) is 0.222. The maximum Gasteiger partial charge on any atom is 0.279 e. The quantitative estimate of drug-likeness (QED) is 0.671. The lowest BCUT2D eigenvalue weighted by atomic mass is 10.2. The number of aromatic nitrogens is 1. The number of halogens is 1. The van der Waals surface area contributed by atoms with Gasteiger partial charge >= 0.3 is 0 Å². The number of amides is 1. The van der Waals surface area contributed by atoms with Gasteiger partial charge in [-0.25, -0.2) is 0 Å². The zero-order valence-corrected chi connectivity index (χ0v) is 14.6. The van der Waals surface area contributed by atoms with Crippen LogP contribution in [0.2, 0.25) is 5.02 Å². The zero-order valence-electron chi connectivity index (χ0n) is 13.0. The number of hydrogen-bond acceptors (Lipinski definition) is 2. The standard InChI is InChI=1S/C18H17ClN2OS/c1-3-10-21-15-9-4-12(2)11-16(15)23-18(21)20-17(22)13-5-7-14(19)8-6-13/h4-9,11H,3,10H2,1-2H3. The number of rotatable bonds is 3. The van der Waals surface area contributed by atoms with Crippen LogP contribution < -0.4 is 4.80 Å². The largest absolute Gasteiger partial charge is 0.316 e. The number of carbonyl (C=O) groups excluding carboxylic acids is 1. The lowest BCUT2D eigenvalue weighted by molar-refractivity contribution is 0.0998. The normalized spacial score (nSPS) is 12.0. The van der Waals surface area contributed by atoms with Crippen LogP contribution in [0.5, 0.6) is 0 Å². The highest BCUT2D eigenvalue weighted by molar-refractivity contribution is 7.16. The van der Waals surface area contributed by atoms with E-state index in [4.69, 9.17) is 11.6 Å². The number of fused-ring (bicyclic) bond motifs is 1. The lowest BCUT2D eigenvalue weighted by Crippen LogP contribution is -2.16. The van der Waals surface area contributed by atoms with E-state index in [-0.39, 0.29) is 5.91 Å². The van der Waals surface area contributed by atoms with Crippen molar-refractivity contribution >= 4 is 39.1 Å². The minimum Gasteiger partial charge on any atom is -0.316 e. The summed E-state index contributed by atoms with van der Waals surface area (Å²) in [5.74, 6) is -0.241. The van der Waals surface area contributed by atoms with Gasteiger partial charge in [-0.2, -0.15) is 4.99 Å². The van der Waals surface area contributed by atoms with Gasteiger partial charge in [-0.1, -0.05) is 35.9 Å². The van der Waals surface area contributed by atoms with E-state index in [1.807, 2.05) is 0 Å². The molecule has 0 spiro atoms. The van der Waals surface area contributed by atoms with Crippen molar-refractivity contribution in [3.8, 4) is 0 Å². The number of carbonyl (C=O) groups is 1. The SMILES string of the molecule is CCCn1c(=NC(=O)c2ccc(Cl)cc2)sc2cc(C)ccc21. The van der Waals surface area contributed by atoms with Crippen LogP contribution in [0, 0.1) is 6.92 Å². The van der Waals surface area contributed by atoms with Crippen LogP contribution in [-0.2, 0) is 6.54 Å². The van der Waals surface area contributed by atoms with Gasteiger partial charge in [-0.05, 0) is 55.3 Å². The van der Waals surface area contributed by atoms with Gasteiger partial charge in [0.05, 0.1) is 10.2 Å². The molecule has 0 saturated carbocycles. The number of aryl methyl sites for hydroxylation is 2. The third kappa shape index (κ3) is 3.38. The van der Waals surface area contributed by atoms with Crippen LogP contribution in [0.3, 0.4) is 0 Å². The Morgan fingerprint density at radius 1 is 1.22 bits per heavy atom. The van der Waals surface area contributed by atoms with Gasteiger partial charge in [0, 0.05) is 17.1 Å². The van der Waals surface area contributed by atoms with Gasteiger partial charge in [-0.3, -0.25) is 4.79 Å². The molecule has 0 bridgehead atoms. The number of nitrogens with zero attached hydrogens (tertiary/aromatic N) is 2. The fourth-order valence-corrected chi connectivity index (χ4v) is 3.73. The van der Waals surface area contributed by atoms with Crippen LogP contribution in [0.1, 0.15) is 29.3 Å². The Hall–Kier alpha value is -1.91. The average Bonchev–Trinajstić information content (AvgIpc) is 2.85. The third-order valence-corrected chi connectivity index (χ3v) is 4.87. The van der Waals surface area contributed by atoms with E-state index in [1.54, 1.807) is 35.6 Å². The third-order valence-electron chi connectivity index (χ3n) is 3.57. The van der Waals surface area contributed by atoms with Crippen molar-refractivity contribution in [1.29, 1.82) is 0 Å². The maximum absolute atomic E-state index is 12.4. The summed E-state index contributed by atoms with van der Waals surface area (Å²) in [6.45, 7) is 5.03. The molecule has 3 aromatic rings. The Balaban J connectivity index is 2.12. The van der Waals surface area contributed by atoms with Crippen LogP contribution in [0.25, 0.3) is 10.2 Å². The molecule has 0 saturated heterocycles. The molecule has 0 fully saturated rings. The smallest absolute Gasteiger partial charge is 0.279 e. The molecule has 0 aliphatic heterocycles. The molecule has 0 radical (unpaired) electrons. The van der Waals surface area contributed by atoms with Crippen molar-refractivity contribution in [2.24, 2.45) is 4.99 Å². The fourth-order valence-electron chi connectivity index (χ4n) is 2.45. The van der Waals surface area contributed by atoms with Crippen molar-refractivity contribution in [3.63, 3.8) is 0 Å². The van der Waals surface area contributed by atoms with Gasteiger partial charge in [0.1, 0.15) is 0 Å². The zero-order chi connectivity index (χ0) is 16.4. The van der Waals surface area contributed by atoms with Crippen LogP contribution in [0.15, 0.2) is 47.5 Å². The summed E-state index contributed by atoms with van der Waals surface area (Å²) in [6, 6.07) is 13.1. The lowest BCUT2D eigenvalue weighted by Gasteiger charge is -2.02. The molecule has 1 aromatic heterocycles. The second-order valence-electron chi connectivity index (χ2n) is 5.43. The summed E-state index contributed by atoms with van der Waals surface area (Å²) in [7, 11) is 0. The first-order valence-corrected chi connectivity index (χ1v) is 8.72. The molecular weight excluding hydrogens is 328 g/mol. The average molecular weight is 345 g/mol. The van der Waals surface area contributed by atoms with Crippen molar-refractivity contribution in [2.75, 3.05) is 0 Å². The minimum absolute atomic E-state index is 0.241. The van der Waals surface area contributed by atoms with Gasteiger partial charge < -0.3 is 4.57 Å². The molecular formula is C18H17ClN2OS. The van der Waals surface area contributed by atoms with Crippen molar-refractivity contribution in [1.82, 2.24) is 4.57 Å². The Kier molecular flexibility index (Phi) is 4.64. The van der Waals surface area contributed by atoms with Gasteiger partial charge in [-0.15, -0.1) is 0 Å². The van der Waals surface area contributed by atoms with Gasteiger partial charge in [0.2, 0.25) is 0 Å². The van der Waals surface area contributed by atoms with Crippen molar-refractivity contribution in [2.45, 2.75) is 26.8 Å². The van der Waals surface area contributed by atoms with Gasteiger partial charge in [0.25, 0.3) is 5.91 Å². The Bertz CT molecular complexity index is 922. The second kappa shape index (κ2) is 6.69. The van der Waals surface area contributed by atoms with Crippen molar-refractivity contribution in [3.05, 3.63) is 63.4 Å². The van der Waals surface area contributed by atoms with E-state index < -0.39 is 0 Å². The molecule has 0 atom stereocenters.